The summed E-state index contributed by atoms with van der Waals surface area (Å²) in [5.41, 5.74) is 0. The maximum absolute atomic E-state index is 8.88. The molecular formula is H5CaCl2Na2O4P. The van der Waals surface area contributed by atoms with Crippen LogP contribution in [0.25, 0.3) is 0 Å². The van der Waals surface area contributed by atoms with Crippen molar-refractivity contribution in [1.29, 1.82) is 0 Å². The molecule has 0 rings (SSSR count). The van der Waals surface area contributed by atoms with E-state index in [1.165, 1.54) is 0 Å². The van der Waals surface area contributed by atoms with Crippen molar-refractivity contribution in [3.05, 3.63) is 0 Å². The van der Waals surface area contributed by atoms with Gasteiger partial charge in [-0.1, -0.05) is 0 Å². The van der Waals surface area contributed by atoms with Crippen LogP contribution in [-0.4, -0.2) is 105 Å². The predicted molar refractivity (Wildman–Crippen MR) is 46.0 cm³/mol. The van der Waals surface area contributed by atoms with Crippen molar-refractivity contribution in [2.75, 3.05) is 0 Å². The van der Waals surface area contributed by atoms with Crippen LogP contribution in [0.3, 0.4) is 0 Å². The summed E-state index contributed by atoms with van der Waals surface area (Å²) in [4.78, 5) is 21.6. The number of phosphoric acid groups is 1. The van der Waals surface area contributed by atoms with E-state index in [1.54, 1.807) is 0 Å². The molecule has 0 aliphatic heterocycles. The summed E-state index contributed by atoms with van der Waals surface area (Å²) in [5, 5.41) is 0. The first kappa shape index (κ1) is 23.6. The van der Waals surface area contributed by atoms with Crippen molar-refractivity contribution in [2.45, 2.75) is 0 Å². The Morgan fingerprint density at radius 3 is 1.10 bits per heavy atom. The second-order valence-electron chi connectivity index (χ2n) is 0.614. The van der Waals surface area contributed by atoms with Crippen LogP contribution in [0.5, 0.6) is 0 Å². The molecule has 0 atom stereocenters. The van der Waals surface area contributed by atoms with Gasteiger partial charge in [0.2, 0.25) is 0 Å². The maximum atomic E-state index is 8.88. The topological polar surface area (TPSA) is 77.8 Å². The van der Waals surface area contributed by atoms with Crippen LogP contribution in [0.4, 0.5) is 0 Å². The van der Waals surface area contributed by atoms with Gasteiger partial charge in [-0.3, -0.25) is 0 Å². The summed E-state index contributed by atoms with van der Waals surface area (Å²) in [5.74, 6) is 0. The van der Waals surface area contributed by atoms with Crippen LogP contribution in [-0.2, 0) is 4.57 Å². The van der Waals surface area contributed by atoms with E-state index in [0.29, 0.717) is 0 Å². The van der Waals surface area contributed by atoms with Crippen molar-refractivity contribution in [3.63, 3.8) is 0 Å². The molecule has 0 heterocycles. The predicted octanol–water partition coefficient (Wildman–Crippen LogP) is -1.23. The molecule has 10 heavy (non-hydrogen) atoms. The second-order valence-corrected chi connectivity index (χ2v) is 5.29. The molecule has 0 bridgehead atoms. The quantitative estimate of drug-likeness (QED) is 0.375. The van der Waals surface area contributed by atoms with Gasteiger partial charge < -0.3 is 14.7 Å². The Labute approximate surface area is 127 Å². The Kier molecular flexibility index (Phi) is 36.4. The first-order chi connectivity index (χ1) is 3.41. The fourth-order valence-electron chi connectivity index (χ4n) is 0. The van der Waals surface area contributed by atoms with Gasteiger partial charge in [-0.05, 0) is 0 Å². The van der Waals surface area contributed by atoms with Gasteiger partial charge in [-0.25, -0.2) is 4.57 Å². The molecule has 0 aromatic rings. The van der Waals surface area contributed by atoms with Gasteiger partial charge in [0.05, 0.1) is 0 Å². The average molecular weight is 257 g/mol. The standard InChI is InChI=1S/Ca.2ClH.2Na.H3O4P.2H/c;;;;;1-5(2,3)4;;/h;2*1H;;;(H3,1,2,3,4);;/q+2;;;;;;;/p-2. The van der Waals surface area contributed by atoms with Crippen molar-refractivity contribution in [2.24, 2.45) is 0 Å². The molecule has 0 fully saturated rings. The summed E-state index contributed by atoms with van der Waals surface area (Å²) in [6.45, 7) is 0. The van der Waals surface area contributed by atoms with Crippen molar-refractivity contribution < 1.29 is 19.2 Å². The minimum atomic E-state index is -4.64. The minimum absolute atomic E-state index is 0. The average Bonchev–Trinajstić information content (AvgIpc) is 1.27. The molecule has 0 aliphatic rings. The summed E-state index contributed by atoms with van der Waals surface area (Å²) in [6.07, 6.45) is 9.90. The molecule has 0 saturated carbocycles. The Bertz CT molecular complexity index is 77.1. The molecular weight excluding hydrogens is 252 g/mol. The van der Waals surface area contributed by atoms with Gasteiger partial charge in [-0.15, -0.1) is 0 Å². The third-order valence-electron chi connectivity index (χ3n) is 0. The van der Waals surface area contributed by atoms with Gasteiger partial charge in [0, 0.05) is 0 Å². The van der Waals surface area contributed by atoms with Gasteiger partial charge in [-0.2, -0.15) is 0 Å². The number of hydrogen-bond acceptors (Lipinski definition) is 1. The molecule has 0 radical (unpaired) electrons. The van der Waals surface area contributed by atoms with E-state index in [-0.39, 0.29) is 59.1 Å². The summed E-state index contributed by atoms with van der Waals surface area (Å²) in [7, 11) is -4.64. The first-order valence-electron chi connectivity index (χ1n) is 1.32. The zero-order valence-electron chi connectivity index (χ0n) is 3.66. The molecule has 0 spiro atoms. The molecule has 10 heteroatoms. The molecule has 3 N–H and O–H groups in total. The van der Waals surface area contributed by atoms with Gasteiger partial charge in [0.1, 0.15) is 0 Å². The monoisotopic (exact) mass is 256 g/mol. The summed E-state index contributed by atoms with van der Waals surface area (Å²) >= 11 is -0.931. The van der Waals surface area contributed by atoms with Crippen molar-refractivity contribution in [1.82, 2.24) is 0 Å². The van der Waals surface area contributed by atoms with E-state index in [1.807, 2.05) is 0 Å². The molecule has 0 aromatic carbocycles. The fraction of sp³-hybridized carbons (Fsp3) is 0. The van der Waals surface area contributed by atoms with E-state index < -0.39 is 38.7 Å². The van der Waals surface area contributed by atoms with E-state index in [4.69, 9.17) is 32.0 Å². The Balaban J connectivity index is -0.0000000326. The SMILES string of the molecule is O=P(O)(O)O.[Cl][Ca][Cl].[NaH].[NaH]. The zero-order valence-corrected chi connectivity index (χ0v) is 8.27. The van der Waals surface area contributed by atoms with Crippen LogP contribution in [0, 0.1) is 0 Å². The Morgan fingerprint density at radius 2 is 1.10 bits per heavy atom. The first-order valence-corrected chi connectivity index (χ1v) is 8.96. The number of rotatable bonds is 0. The number of halogens is 2. The van der Waals surface area contributed by atoms with Crippen LogP contribution in [0.15, 0.2) is 0 Å². The van der Waals surface area contributed by atoms with E-state index >= 15 is 0 Å². The molecule has 0 amide bonds. The molecule has 0 aromatic heterocycles. The van der Waals surface area contributed by atoms with Gasteiger partial charge in [0.15, 0.2) is 0 Å². The number of hydrogen-bond donors (Lipinski definition) is 3. The summed E-state index contributed by atoms with van der Waals surface area (Å²) in [6, 6.07) is 0. The molecule has 0 saturated heterocycles. The molecule has 52 valence electrons. The second kappa shape index (κ2) is 15.4. The summed E-state index contributed by atoms with van der Waals surface area (Å²) < 4.78 is 8.88. The fourth-order valence-corrected chi connectivity index (χ4v) is 0. The van der Waals surface area contributed by atoms with Crippen molar-refractivity contribution >= 4 is 111 Å². The Morgan fingerprint density at radius 1 is 1.10 bits per heavy atom. The van der Waals surface area contributed by atoms with Crippen LogP contribution in [0.1, 0.15) is 0 Å². The normalized spacial score (nSPS) is 6.90. The molecule has 4 nitrogen and oxygen atoms in total. The van der Waals surface area contributed by atoms with E-state index in [9.17, 15) is 0 Å². The van der Waals surface area contributed by atoms with Gasteiger partial charge >= 0.3 is 111 Å². The molecule has 0 aliphatic carbocycles. The van der Waals surface area contributed by atoms with E-state index in [2.05, 4.69) is 0 Å². The van der Waals surface area contributed by atoms with Crippen LogP contribution < -0.4 is 0 Å². The molecule has 0 unspecified atom stereocenters. The van der Waals surface area contributed by atoms with Crippen LogP contribution >= 0.6 is 20.6 Å². The van der Waals surface area contributed by atoms with E-state index in [0.717, 1.165) is 0 Å². The van der Waals surface area contributed by atoms with Crippen LogP contribution in [0.2, 0.25) is 0 Å². The van der Waals surface area contributed by atoms with Gasteiger partial charge in [0.25, 0.3) is 0 Å². The third kappa shape index (κ3) is 91.8. The zero-order chi connectivity index (χ0) is 7.21. The Hall–Kier alpha value is 3.95. The third-order valence-corrected chi connectivity index (χ3v) is 0. The van der Waals surface area contributed by atoms with Crippen molar-refractivity contribution in [3.8, 4) is 0 Å².